The van der Waals surface area contributed by atoms with Crippen molar-refractivity contribution < 1.29 is 0 Å². The zero-order valence-electron chi connectivity index (χ0n) is 9.99. The molecule has 0 spiro atoms. The van der Waals surface area contributed by atoms with Crippen LogP contribution >= 0.6 is 12.4 Å². The van der Waals surface area contributed by atoms with Crippen molar-refractivity contribution in [2.24, 2.45) is 0 Å². The number of aryl methyl sites for hydroxylation is 1. The summed E-state index contributed by atoms with van der Waals surface area (Å²) in [4.78, 5) is 0. The van der Waals surface area contributed by atoms with Crippen molar-refractivity contribution >= 4 is 23.3 Å². The first kappa shape index (κ1) is 12.4. The van der Waals surface area contributed by atoms with Gasteiger partial charge < -0.3 is 5.32 Å². The van der Waals surface area contributed by atoms with Gasteiger partial charge in [-0.25, -0.2) is 0 Å². The van der Waals surface area contributed by atoms with Gasteiger partial charge in [-0.1, -0.05) is 0 Å². The average molecular weight is 252 g/mol. The molecule has 0 saturated carbocycles. The van der Waals surface area contributed by atoms with Crippen molar-refractivity contribution in [1.82, 2.24) is 15.5 Å². The fourth-order valence-electron chi connectivity index (χ4n) is 2.69. The Morgan fingerprint density at radius 2 is 2.00 bits per heavy atom. The van der Waals surface area contributed by atoms with Gasteiger partial charge in [0.2, 0.25) is 0 Å². The molecular weight excluding hydrogens is 234 g/mol. The second-order valence-corrected chi connectivity index (χ2v) is 4.69. The van der Waals surface area contributed by atoms with Crippen molar-refractivity contribution in [3.63, 3.8) is 0 Å². The third-order valence-corrected chi connectivity index (χ3v) is 3.61. The van der Waals surface area contributed by atoms with Crippen LogP contribution in [0.1, 0.15) is 29.9 Å². The lowest BCUT2D eigenvalue weighted by Gasteiger charge is -2.24. The van der Waals surface area contributed by atoms with E-state index in [1.165, 1.54) is 34.9 Å². The maximum atomic E-state index is 4.09. The van der Waals surface area contributed by atoms with E-state index in [0.29, 0.717) is 5.92 Å². The second kappa shape index (κ2) is 5.07. The lowest BCUT2D eigenvalue weighted by molar-refractivity contribution is 0.459. The first-order chi connectivity index (χ1) is 7.84. The second-order valence-electron chi connectivity index (χ2n) is 4.69. The monoisotopic (exact) mass is 251 g/mol. The number of nitrogens with one attached hydrogen (secondary N) is 2. The van der Waals surface area contributed by atoms with Gasteiger partial charge in [-0.2, -0.15) is 5.10 Å². The molecule has 1 fully saturated rings. The molecule has 0 amide bonds. The summed E-state index contributed by atoms with van der Waals surface area (Å²) >= 11 is 0. The van der Waals surface area contributed by atoms with Gasteiger partial charge in [0.1, 0.15) is 0 Å². The third kappa shape index (κ3) is 2.31. The largest absolute Gasteiger partial charge is 0.317 e. The highest BCUT2D eigenvalue weighted by atomic mass is 35.5. The van der Waals surface area contributed by atoms with Crippen LogP contribution in [0.25, 0.3) is 10.9 Å². The van der Waals surface area contributed by atoms with E-state index < -0.39 is 0 Å². The number of H-pyrrole nitrogens is 1. The van der Waals surface area contributed by atoms with Crippen LogP contribution in [0.3, 0.4) is 0 Å². The lowest BCUT2D eigenvalue weighted by Crippen LogP contribution is -2.26. The van der Waals surface area contributed by atoms with E-state index in [2.05, 4.69) is 34.6 Å². The zero-order valence-corrected chi connectivity index (χ0v) is 10.8. The van der Waals surface area contributed by atoms with E-state index in [9.17, 15) is 0 Å². The fourth-order valence-corrected chi connectivity index (χ4v) is 2.69. The van der Waals surface area contributed by atoms with Gasteiger partial charge >= 0.3 is 0 Å². The molecule has 0 atom stereocenters. The number of fused-ring (bicyclic) bond motifs is 1. The van der Waals surface area contributed by atoms with Gasteiger partial charge in [-0.3, -0.25) is 5.10 Å². The number of rotatable bonds is 1. The molecule has 0 bridgehead atoms. The fraction of sp³-hybridized carbons (Fsp3) is 0.462. The first-order valence-corrected chi connectivity index (χ1v) is 5.99. The van der Waals surface area contributed by atoms with Gasteiger partial charge in [0.25, 0.3) is 0 Å². The molecule has 1 saturated heterocycles. The number of aromatic nitrogens is 2. The highest BCUT2D eigenvalue weighted by Gasteiger charge is 2.17. The summed E-state index contributed by atoms with van der Waals surface area (Å²) in [7, 11) is 0. The molecule has 3 rings (SSSR count). The average Bonchev–Trinajstić information content (AvgIpc) is 2.76. The Kier molecular flexibility index (Phi) is 3.69. The standard InChI is InChI=1S/C13H17N3.ClH/c1-9-6-11-8-15-16-13(11)7-12(9)10-2-4-14-5-3-10;/h6-8,10,14H,2-5H2,1H3,(H,15,16);1H. The quantitative estimate of drug-likeness (QED) is 0.818. The molecule has 0 unspecified atom stereocenters. The number of aromatic amines is 1. The molecular formula is C13H18ClN3. The maximum absolute atomic E-state index is 4.09. The van der Waals surface area contributed by atoms with Gasteiger partial charge in [0, 0.05) is 5.39 Å². The minimum absolute atomic E-state index is 0. The highest BCUT2D eigenvalue weighted by molar-refractivity contribution is 5.85. The molecule has 1 aliphatic rings. The van der Waals surface area contributed by atoms with Gasteiger partial charge in [0.15, 0.2) is 0 Å². The zero-order chi connectivity index (χ0) is 11.0. The predicted octanol–water partition coefficient (Wildman–Crippen LogP) is 2.76. The maximum Gasteiger partial charge on any atom is 0.0653 e. The molecule has 3 nitrogen and oxygen atoms in total. The first-order valence-electron chi connectivity index (χ1n) is 5.99. The predicted molar refractivity (Wildman–Crippen MR) is 72.9 cm³/mol. The number of hydrogen-bond acceptors (Lipinski definition) is 2. The smallest absolute Gasteiger partial charge is 0.0653 e. The van der Waals surface area contributed by atoms with Crippen molar-refractivity contribution in [1.29, 1.82) is 0 Å². The van der Waals surface area contributed by atoms with Crippen molar-refractivity contribution in [2.45, 2.75) is 25.7 Å². The Hall–Kier alpha value is -1.06. The Balaban J connectivity index is 0.00000108. The molecule has 1 aliphatic heterocycles. The summed E-state index contributed by atoms with van der Waals surface area (Å²) in [6.45, 7) is 4.50. The summed E-state index contributed by atoms with van der Waals surface area (Å²) in [5.41, 5.74) is 4.07. The van der Waals surface area contributed by atoms with Crippen molar-refractivity contribution in [3.8, 4) is 0 Å². The van der Waals surface area contributed by atoms with Crippen LogP contribution < -0.4 is 5.32 Å². The Morgan fingerprint density at radius 1 is 1.24 bits per heavy atom. The van der Waals surface area contributed by atoms with Gasteiger partial charge in [-0.15, -0.1) is 12.4 Å². The summed E-state index contributed by atoms with van der Waals surface area (Å²) in [6.07, 6.45) is 4.40. The van der Waals surface area contributed by atoms with Crippen LogP contribution in [0, 0.1) is 6.92 Å². The molecule has 1 aromatic heterocycles. The number of benzene rings is 1. The Morgan fingerprint density at radius 3 is 2.76 bits per heavy atom. The van der Waals surface area contributed by atoms with Crippen LogP contribution in [0.2, 0.25) is 0 Å². The van der Waals surface area contributed by atoms with Crippen LogP contribution in [-0.2, 0) is 0 Å². The summed E-state index contributed by atoms with van der Waals surface area (Å²) < 4.78 is 0. The van der Waals surface area contributed by atoms with Crippen LogP contribution in [0.5, 0.6) is 0 Å². The summed E-state index contributed by atoms with van der Waals surface area (Å²) in [5.74, 6) is 0.717. The number of piperidine rings is 1. The molecule has 17 heavy (non-hydrogen) atoms. The van der Waals surface area contributed by atoms with E-state index in [-0.39, 0.29) is 12.4 Å². The normalized spacial score (nSPS) is 17.0. The minimum atomic E-state index is 0. The van der Waals surface area contributed by atoms with Gasteiger partial charge in [0.05, 0.1) is 11.7 Å². The molecule has 0 aliphatic carbocycles. The highest BCUT2D eigenvalue weighted by Crippen LogP contribution is 2.30. The number of halogens is 1. The lowest BCUT2D eigenvalue weighted by atomic mass is 9.87. The SMILES string of the molecule is Cc1cc2cn[nH]c2cc1C1CCNCC1.Cl. The molecule has 2 aromatic rings. The van der Waals surface area contributed by atoms with E-state index in [4.69, 9.17) is 0 Å². The summed E-state index contributed by atoms with van der Waals surface area (Å²) in [6, 6.07) is 4.53. The minimum Gasteiger partial charge on any atom is -0.317 e. The molecule has 1 aromatic carbocycles. The van der Waals surface area contributed by atoms with Gasteiger partial charge in [-0.05, 0) is 62.0 Å². The molecule has 0 radical (unpaired) electrons. The van der Waals surface area contributed by atoms with E-state index in [0.717, 1.165) is 13.1 Å². The van der Waals surface area contributed by atoms with Crippen LogP contribution in [-0.4, -0.2) is 23.3 Å². The van der Waals surface area contributed by atoms with E-state index in [1.807, 2.05) is 6.20 Å². The van der Waals surface area contributed by atoms with Crippen LogP contribution in [0.15, 0.2) is 18.3 Å². The molecule has 2 N–H and O–H groups in total. The Labute approximate surface area is 107 Å². The summed E-state index contributed by atoms with van der Waals surface area (Å²) in [5, 5.41) is 11.8. The molecule has 92 valence electrons. The third-order valence-electron chi connectivity index (χ3n) is 3.61. The van der Waals surface area contributed by atoms with E-state index in [1.54, 1.807) is 0 Å². The van der Waals surface area contributed by atoms with Crippen LogP contribution in [0.4, 0.5) is 0 Å². The van der Waals surface area contributed by atoms with Crippen molar-refractivity contribution in [3.05, 3.63) is 29.5 Å². The Bertz CT molecular complexity index is 500. The van der Waals surface area contributed by atoms with Crippen molar-refractivity contribution in [2.75, 3.05) is 13.1 Å². The number of nitrogens with zero attached hydrogens (tertiary/aromatic N) is 1. The van der Waals surface area contributed by atoms with E-state index >= 15 is 0 Å². The molecule has 2 heterocycles. The topological polar surface area (TPSA) is 40.7 Å². The number of hydrogen-bond donors (Lipinski definition) is 2. The molecule has 4 heteroatoms.